The van der Waals surface area contributed by atoms with Gasteiger partial charge in [0.1, 0.15) is 12.7 Å². The third-order valence-electron chi connectivity index (χ3n) is 4.43. The van der Waals surface area contributed by atoms with E-state index in [9.17, 15) is 4.79 Å². The SMILES string of the molecule is CCOc1ccc(/C=C/C(=O)NC(C)c2ccc(-n3cncn3)cc2)cc1OCC. The van der Waals surface area contributed by atoms with Crippen molar-refractivity contribution in [1.82, 2.24) is 20.1 Å². The molecule has 0 saturated carbocycles. The highest BCUT2D eigenvalue weighted by atomic mass is 16.5. The molecular weight excluding hydrogens is 380 g/mol. The quantitative estimate of drug-likeness (QED) is 0.544. The van der Waals surface area contributed by atoms with Gasteiger partial charge in [0, 0.05) is 6.08 Å². The number of amides is 1. The molecule has 1 aromatic heterocycles. The van der Waals surface area contributed by atoms with E-state index in [0.717, 1.165) is 16.8 Å². The fourth-order valence-corrected chi connectivity index (χ4v) is 2.95. The molecule has 0 fully saturated rings. The Morgan fingerprint density at radius 1 is 1.10 bits per heavy atom. The predicted octanol–water partition coefficient (Wildman–Crippen LogP) is 3.96. The molecular formula is C23H26N4O3. The molecule has 0 radical (unpaired) electrons. The Balaban J connectivity index is 1.61. The van der Waals surface area contributed by atoms with Crippen LogP contribution in [-0.2, 0) is 4.79 Å². The van der Waals surface area contributed by atoms with Crippen molar-refractivity contribution in [3.8, 4) is 17.2 Å². The Bertz CT molecular complexity index is 982. The summed E-state index contributed by atoms with van der Waals surface area (Å²) in [5, 5.41) is 7.08. The second-order valence-electron chi connectivity index (χ2n) is 6.57. The molecule has 0 spiro atoms. The summed E-state index contributed by atoms with van der Waals surface area (Å²) in [7, 11) is 0. The largest absolute Gasteiger partial charge is 0.490 e. The molecule has 3 aromatic rings. The summed E-state index contributed by atoms with van der Waals surface area (Å²) in [5.41, 5.74) is 2.78. The summed E-state index contributed by atoms with van der Waals surface area (Å²) >= 11 is 0. The molecule has 3 rings (SSSR count). The van der Waals surface area contributed by atoms with Gasteiger partial charge < -0.3 is 14.8 Å². The molecule has 0 aliphatic rings. The average Bonchev–Trinajstić information content (AvgIpc) is 3.29. The number of benzene rings is 2. The molecule has 7 heteroatoms. The third kappa shape index (κ3) is 5.47. The predicted molar refractivity (Wildman–Crippen MR) is 116 cm³/mol. The molecule has 1 unspecified atom stereocenters. The van der Waals surface area contributed by atoms with Crippen molar-refractivity contribution in [1.29, 1.82) is 0 Å². The highest BCUT2D eigenvalue weighted by Crippen LogP contribution is 2.29. The second kappa shape index (κ2) is 10.2. The molecule has 2 aromatic carbocycles. The lowest BCUT2D eigenvalue weighted by molar-refractivity contribution is -0.117. The van der Waals surface area contributed by atoms with Crippen LogP contribution in [0.4, 0.5) is 0 Å². The van der Waals surface area contributed by atoms with Crippen molar-refractivity contribution in [2.75, 3.05) is 13.2 Å². The molecule has 1 N–H and O–H groups in total. The van der Waals surface area contributed by atoms with Gasteiger partial charge >= 0.3 is 0 Å². The summed E-state index contributed by atoms with van der Waals surface area (Å²) in [4.78, 5) is 16.3. The fourth-order valence-electron chi connectivity index (χ4n) is 2.95. The summed E-state index contributed by atoms with van der Waals surface area (Å²) < 4.78 is 12.9. The lowest BCUT2D eigenvalue weighted by atomic mass is 10.1. The monoisotopic (exact) mass is 406 g/mol. The first-order chi connectivity index (χ1) is 14.6. The molecule has 1 amide bonds. The van der Waals surface area contributed by atoms with Crippen molar-refractivity contribution >= 4 is 12.0 Å². The van der Waals surface area contributed by atoms with Gasteiger partial charge in [-0.15, -0.1) is 0 Å². The van der Waals surface area contributed by atoms with Crippen LogP contribution >= 0.6 is 0 Å². The molecule has 0 bridgehead atoms. The number of rotatable bonds is 9. The number of carbonyl (C=O) groups is 1. The van der Waals surface area contributed by atoms with Gasteiger partial charge in [0.25, 0.3) is 0 Å². The lowest BCUT2D eigenvalue weighted by Gasteiger charge is -2.14. The van der Waals surface area contributed by atoms with Gasteiger partial charge in [0.15, 0.2) is 11.5 Å². The van der Waals surface area contributed by atoms with Crippen LogP contribution in [0.25, 0.3) is 11.8 Å². The van der Waals surface area contributed by atoms with Gasteiger partial charge in [-0.1, -0.05) is 18.2 Å². The third-order valence-corrected chi connectivity index (χ3v) is 4.43. The summed E-state index contributed by atoms with van der Waals surface area (Å²) in [6.07, 6.45) is 6.41. The first-order valence-electron chi connectivity index (χ1n) is 9.94. The minimum atomic E-state index is -0.172. The van der Waals surface area contributed by atoms with E-state index >= 15 is 0 Å². The Morgan fingerprint density at radius 2 is 1.83 bits per heavy atom. The smallest absolute Gasteiger partial charge is 0.244 e. The topological polar surface area (TPSA) is 78.3 Å². The maximum Gasteiger partial charge on any atom is 0.244 e. The van der Waals surface area contributed by atoms with Crippen LogP contribution in [0.3, 0.4) is 0 Å². The first-order valence-corrected chi connectivity index (χ1v) is 9.94. The Labute approximate surface area is 176 Å². The summed E-state index contributed by atoms with van der Waals surface area (Å²) in [6, 6.07) is 13.3. The number of hydrogen-bond acceptors (Lipinski definition) is 5. The number of nitrogens with zero attached hydrogens (tertiary/aromatic N) is 3. The molecule has 1 atom stereocenters. The molecule has 1 heterocycles. The molecule has 0 aliphatic carbocycles. The van der Waals surface area contributed by atoms with E-state index in [4.69, 9.17) is 9.47 Å². The highest BCUT2D eigenvalue weighted by molar-refractivity contribution is 5.92. The van der Waals surface area contributed by atoms with E-state index in [1.54, 1.807) is 17.1 Å². The maximum atomic E-state index is 12.4. The van der Waals surface area contributed by atoms with Crippen LogP contribution in [0, 0.1) is 0 Å². The first kappa shape index (κ1) is 21.1. The van der Waals surface area contributed by atoms with Crippen LogP contribution in [-0.4, -0.2) is 33.9 Å². The highest BCUT2D eigenvalue weighted by Gasteiger charge is 2.09. The number of nitrogens with one attached hydrogen (secondary N) is 1. The van der Waals surface area contributed by atoms with E-state index in [1.165, 1.54) is 12.4 Å². The van der Waals surface area contributed by atoms with Crippen molar-refractivity contribution in [3.63, 3.8) is 0 Å². The Hall–Kier alpha value is -3.61. The van der Waals surface area contributed by atoms with Crippen molar-refractivity contribution in [3.05, 3.63) is 72.3 Å². The van der Waals surface area contributed by atoms with Crippen molar-refractivity contribution in [2.24, 2.45) is 0 Å². The molecule has 0 aliphatic heterocycles. The second-order valence-corrected chi connectivity index (χ2v) is 6.57. The summed E-state index contributed by atoms with van der Waals surface area (Å²) in [5.74, 6) is 1.20. The fraction of sp³-hybridized carbons (Fsp3) is 0.261. The van der Waals surface area contributed by atoms with E-state index in [1.807, 2.05) is 63.2 Å². The van der Waals surface area contributed by atoms with Crippen LogP contribution in [0.15, 0.2) is 61.2 Å². The zero-order chi connectivity index (χ0) is 21.3. The van der Waals surface area contributed by atoms with Gasteiger partial charge in [-0.3, -0.25) is 4.79 Å². The Morgan fingerprint density at radius 3 is 2.50 bits per heavy atom. The summed E-state index contributed by atoms with van der Waals surface area (Å²) in [6.45, 7) is 6.90. The Kier molecular flexibility index (Phi) is 7.21. The molecule has 0 saturated heterocycles. The van der Waals surface area contributed by atoms with Crippen LogP contribution in [0.5, 0.6) is 11.5 Å². The van der Waals surface area contributed by atoms with Crippen LogP contribution < -0.4 is 14.8 Å². The molecule has 30 heavy (non-hydrogen) atoms. The van der Waals surface area contributed by atoms with Crippen LogP contribution in [0.1, 0.15) is 37.9 Å². The van der Waals surface area contributed by atoms with Crippen molar-refractivity contribution < 1.29 is 14.3 Å². The normalized spacial score (nSPS) is 12.0. The number of aromatic nitrogens is 3. The minimum absolute atomic E-state index is 0.133. The maximum absolute atomic E-state index is 12.4. The lowest BCUT2D eigenvalue weighted by Crippen LogP contribution is -2.24. The zero-order valence-corrected chi connectivity index (χ0v) is 17.4. The van der Waals surface area contributed by atoms with E-state index in [2.05, 4.69) is 15.4 Å². The standard InChI is InChI=1S/C23H26N4O3/c1-4-29-21-12-6-18(14-22(21)30-5-2)7-13-23(28)26-17(3)19-8-10-20(11-9-19)27-16-24-15-25-27/h6-17H,4-5H2,1-3H3,(H,26,28)/b13-7+. The van der Waals surface area contributed by atoms with Gasteiger partial charge in [0.05, 0.1) is 24.9 Å². The van der Waals surface area contributed by atoms with Gasteiger partial charge in [-0.2, -0.15) is 5.10 Å². The van der Waals surface area contributed by atoms with E-state index < -0.39 is 0 Å². The van der Waals surface area contributed by atoms with Gasteiger partial charge in [0.2, 0.25) is 5.91 Å². The minimum Gasteiger partial charge on any atom is -0.490 e. The van der Waals surface area contributed by atoms with E-state index in [-0.39, 0.29) is 11.9 Å². The van der Waals surface area contributed by atoms with Crippen molar-refractivity contribution in [2.45, 2.75) is 26.8 Å². The van der Waals surface area contributed by atoms with Gasteiger partial charge in [-0.05, 0) is 62.2 Å². The average molecular weight is 406 g/mol. The molecule has 156 valence electrons. The number of ether oxygens (including phenoxy) is 2. The van der Waals surface area contributed by atoms with Crippen LogP contribution in [0.2, 0.25) is 0 Å². The molecule has 7 nitrogen and oxygen atoms in total. The van der Waals surface area contributed by atoms with E-state index in [0.29, 0.717) is 24.7 Å². The number of hydrogen-bond donors (Lipinski definition) is 1. The zero-order valence-electron chi connectivity index (χ0n) is 17.4. The van der Waals surface area contributed by atoms with Gasteiger partial charge in [-0.25, -0.2) is 9.67 Å². The number of carbonyl (C=O) groups excluding carboxylic acids is 1.